The highest BCUT2D eigenvalue weighted by atomic mass is 32.2. The van der Waals surface area contributed by atoms with Gasteiger partial charge in [-0.2, -0.15) is 5.10 Å². The summed E-state index contributed by atoms with van der Waals surface area (Å²) >= 11 is 1.59. The van der Waals surface area contributed by atoms with E-state index in [4.69, 9.17) is 5.11 Å². The number of rotatable bonds is 6. The second kappa shape index (κ2) is 7.64. The van der Waals surface area contributed by atoms with Crippen molar-refractivity contribution < 1.29 is 18.7 Å². The molecule has 2 heterocycles. The van der Waals surface area contributed by atoms with Gasteiger partial charge in [0.25, 0.3) is 5.79 Å². The number of aliphatic carboxylic acids is 1. The number of halogens is 2. The number of carboxylic acids is 1. The predicted octanol–water partition coefficient (Wildman–Crippen LogP) is 4.37. The summed E-state index contributed by atoms with van der Waals surface area (Å²) in [7, 11) is 0. The lowest BCUT2D eigenvalue weighted by atomic mass is 9.97. The molecule has 1 aliphatic carbocycles. The first-order valence-electron chi connectivity index (χ1n) is 8.44. The highest BCUT2D eigenvalue weighted by Gasteiger charge is 2.40. The Morgan fingerprint density at radius 3 is 2.89 bits per heavy atom. The molecule has 8 heteroatoms. The number of allylic oxidation sites excluding steroid dienone is 4. The largest absolute Gasteiger partial charge is 0.481 e. The molecule has 3 rings (SSSR count). The van der Waals surface area contributed by atoms with E-state index in [9.17, 15) is 9.18 Å². The lowest BCUT2D eigenvalue weighted by Gasteiger charge is -2.26. The minimum Gasteiger partial charge on any atom is -0.481 e. The van der Waals surface area contributed by atoms with Crippen molar-refractivity contribution in [1.29, 1.82) is 0 Å². The SMILES string of the molecule is CC(C)Sc1cccc(C2=CCC(F)(n3cc(CC(=O)O)cn3)C(F)=C2)n1. The summed E-state index contributed by atoms with van der Waals surface area (Å²) in [5.74, 6) is -4.52. The molecule has 0 aromatic carbocycles. The molecule has 0 saturated heterocycles. The third-order valence-corrected chi connectivity index (χ3v) is 4.91. The quantitative estimate of drug-likeness (QED) is 0.741. The van der Waals surface area contributed by atoms with Gasteiger partial charge in [0.15, 0.2) is 5.83 Å². The van der Waals surface area contributed by atoms with E-state index in [0.29, 0.717) is 22.1 Å². The molecule has 1 atom stereocenters. The van der Waals surface area contributed by atoms with Crippen LogP contribution < -0.4 is 0 Å². The Morgan fingerprint density at radius 2 is 2.22 bits per heavy atom. The van der Waals surface area contributed by atoms with Gasteiger partial charge in [0.1, 0.15) is 0 Å². The Kier molecular flexibility index (Phi) is 5.46. The third-order valence-electron chi connectivity index (χ3n) is 3.97. The van der Waals surface area contributed by atoms with Crippen molar-refractivity contribution in [3.05, 3.63) is 59.8 Å². The molecule has 1 unspecified atom stereocenters. The molecule has 2 aromatic heterocycles. The molecule has 1 N–H and O–H groups in total. The molecular weight excluding hydrogens is 372 g/mol. The summed E-state index contributed by atoms with van der Waals surface area (Å²) in [4.78, 5) is 15.3. The number of carboxylic acid groups (broad SMARTS) is 1. The Bertz CT molecular complexity index is 923. The van der Waals surface area contributed by atoms with Crippen LogP contribution in [0.4, 0.5) is 8.78 Å². The topological polar surface area (TPSA) is 68.0 Å². The fourth-order valence-electron chi connectivity index (χ4n) is 2.73. The number of carbonyl (C=O) groups is 1. The van der Waals surface area contributed by atoms with Crippen molar-refractivity contribution in [2.75, 3.05) is 0 Å². The van der Waals surface area contributed by atoms with E-state index in [-0.39, 0.29) is 12.8 Å². The zero-order chi connectivity index (χ0) is 19.6. The summed E-state index contributed by atoms with van der Waals surface area (Å²) in [5.41, 5.74) is 1.39. The number of thioether (sulfide) groups is 1. The van der Waals surface area contributed by atoms with Crippen LogP contribution in [-0.2, 0) is 17.0 Å². The van der Waals surface area contributed by atoms with Crippen LogP contribution >= 0.6 is 11.8 Å². The van der Waals surface area contributed by atoms with Gasteiger partial charge in [-0.05, 0) is 23.8 Å². The summed E-state index contributed by atoms with van der Waals surface area (Å²) in [6, 6.07) is 5.47. The molecule has 0 fully saturated rings. The summed E-state index contributed by atoms with van der Waals surface area (Å²) in [6.07, 6.45) is 4.59. The van der Waals surface area contributed by atoms with Gasteiger partial charge in [-0.25, -0.2) is 18.4 Å². The molecule has 0 saturated carbocycles. The first-order valence-corrected chi connectivity index (χ1v) is 9.32. The molecular formula is C19H19F2N3O2S. The monoisotopic (exact) mass is 391 g/mol. The fourth-order valence-corrected chi connectivity index (χ4v) is 3.52. The number of hydrogen-bond acceptors (Lipinski definition) is 4. The first kappa shape index (κ1) is 19.3. The van der Waals surface area contributed by atoms with Gasteiger partial charge in [-0.15, -0.1) is 11.8 Å². The number of alkyl halides is 1. The molecule has 2 aromatic rings. The average Bonchev–Trinajstić information content (AvgIpc) is 3.05. The molecule has 0 bridgehead atoms. The second-order valence-electron chi connectivity index (χ2n) is 6.51. The Balaban J connectivity index is 1.84. The van der Waals surface area contributed by atoms with Gasteiger partial charge < -0.3 is 5.11 Å². The second-order valence-corrected chi connectivity index (χ2v) is 8.10. The molecule has 0 radical (unpaired) electrons. The zero-order valence-corrected chi connectivity index (χ0v) is 15.7. The molecule has 142 valence electrons. The highest BCUT2D eigenvalue weighted by molar-refractivity contribution is 7.99. The van der Waals surface area contributed by atoms with E-state index in [1.54, 1.807) is 23.9 Å². The third kappa shape index (κ3) is 4.27. The van der Waals surface area contributed by atoms with Gasteiger partial charge in [0.05, 0.1) is 23.3 Å². The first-order chi connectivity index (χ1) is 12.8. The number of nitrogens with zero attached hydrogens (tertiary/aromatic N) is 3. The van der Waals surface area contributed by atoms with Gasteiger partial charge in [-0.3, -0.25) is 4.79 Å². The van der Waals surface area contributed by atoms with E-state index in [1.807, 2.05) is 12.1 Å². The van der Waals surface area contributed by atoms with Crippen molar-refractivity contribution in [2.24, 2.45) is 0 Å². The van der Waals surface area contributed by atoms with Crippen LogP contribution in [0.2, 0.25) is 0 Å². The fraction of sp³-hybridized carbons (Fsp3) is 0.316. The van der Waals surface area contributed by atoms with Crippen LogP contribution in [-0.4, -0.2) is 31.1 Å². The highest BCUT2D eigenvalue weighted by Crippen LogP contribution is 2.39. The molecule has 0 aliphatic heterocycles. The normalized spacial score (nSPS) is 19.7. The maximum Gasteiger partial charge on any atom is 0.307 e. The van der Waals surface area contributed by atoms with Crippen LogP contribution in [0, 0.1) is 0 Å². The van der Waals surface area contributed by atoms with Gasteiger partial charge in [-0.1, -0.05) is 26.0 Å². The van der Waals surface area contributed by atoms with E-state index >= 15 is 4.39 Å². The molecule has 5 nitrogen and oxygen atoms in total. The van der Waals surface area contributed by atoms with Gasteiger partial charge >= 0.3 is 5.97 Å². The van der Waals surface area contributed by atoms with Crippen molar-refractivity contribution in [3.63, 3.8) is 0 Å². The Labute approximate surface area is 159 Å². The average molecular weight is 391 g/mol. The Hall–Kier alpha value is -2.48. The van der Waals surface area contributed by atoms with Crippen molar-refractivity contribution in [1.82, 2.24) is 14.8 Å². The molecule has 1 aliphatic rings. The standard InChI is InChI=1S/C19H19F2N3O2S/c1-12(2)27-17-5-3-4-15(23-17)14-6-7-19(21,16(20)9-14)24-11-13(10-22-24)8-18(25)26/h3-6,9-12H,7-8H2,1-2H3,(H,25,26). The Morgan fingerprint density at radius 1 is 1.44 bits per heavy atom. The van der Waals surface area contributed by atoms with Crippen LogP contribution in [0.25, 0.3) is 5.57 Å². The molecule has 0 amide bonds. The molecule has 27 heavy (non-hydrogen) atoms. The molecule has 0 spiro atoms. The van der Waals surface area contributed by atoms with Gasteiger partial charge in [0.2, 0.25) is 0 Å². The van der Waals surface area contributed by atoms with E-state index in [0.717, 1.165) is 15.8 Å². The minimum atomic E-state index is -2.47. The number of hydrogen-bond donors (Lipinski definition) is 1. The van der Waals surface area contributed by atoms with Crippen LogP contribution in [0.3, 0.4) is 0 Å². The van der Waals surface area contributed by atoms with E-state index in [1.165, 1.54) is 12.4 Å². The number of pyridine rings is 1. The maximum atomic E-state index is 15.2. The van der Waals surface area contributed by atoms with Crippen LogP contribution in [0.1, 0.15) is 31.5 Å². The smallest absolute Gasteiger partial charge is 0.307 e. The van der Waals surface area contributed by atoms with Crippen LogP contribution in [0.15, 0.2) is 53.6 Å². The van der Waals surface area contributed by atoms with Gasteiger partial charge in [0, 0.05) is 23.4 Å². The van der Waals surface area contributed by atoms with E-state index in [2.05, 4.69) is 23.9 Å². The zero-order valence-electron chi connectivity index (χ0n) is 14.9. The number of aromatic nitrogens is 3. The lowest BCUT2D eigenvalue weighted by molar-refractivity contribution is -0.136. The van der Waals surface area contributed by atoms with Crippen molar-refractivity contribution in [2.45, 2.75) is 42.8 Å². The minimum absolute atomic E-state index is 0.262. The van der Waals surface area contributed by atoms with Crippen LogP contribution in [0.5, 0.6) is 0 Å². The summed E-state index contributed by atoms with van der Waals surface area (Å²) in [6.45, 7) is 4.11. The van der Waals surface area contributed by atoms with E-state index < -0.39 is 17.6 Å². The summed E-state index contributed by atoms with van der Waals surface area (Å²) in [5, 5.41) is 13.8. The van der Waals surface area contributed by atoms with Crippen molar-refractivity contribution in [3.8, 4) is 0 Å². The predicted molar refractivity (Wildman–Crippen MR) is 99.7 cm³/mol. The summed E-state index contributed by atoms with van der Waals surface area (Å²) < 4.78 is 30.7. The van der Waals surface area contributed by atoms with Crippen molar-refractivity contribution >= 4 is 23.3 Å². The maximum absolute atomic E-state index is 15.2. The lowest BCUT2D eigenvalue weighted by Crippen LogP contribution is -2.31.